The molecule has 2 aromatic carbocycles. The molecule has 0 spiro atoms. The van der Waals surface area contributed by atoms with Crippen molar-refractivity contribution < 1.29 is 4.74 Å². The molecule has 1 aliphatic heterocycles. The highest BCUT2D eigenvalue weighted by Gasteiger charge is 2.32. The van der Waals surface area contributed by atoms with Crippen LogP contribution >= 0.6 is 38.9 Å². The molecule has 4 rings (SSSR count). The SMILES string of the molecule is ClC(c1csc2c(Br)cccc12)C1COc2ccccc21. The molecule has 21 heavy (non-hydrogen) atoms. The molecule has 0 saturated heterocycles. The van der Waals surface area contributed by atoms with E-state index in [4.69, 9.17) is 16.3 Å². The summed E-state index contributed by atoms with van der Waals surface area (Å²) in [5.41, 5.74) is 2.41. The molecule has 106 valence electrons. The highest BCUT2D eigenvalue weighted by atomic mass is 79.9. The lowest BCUT2D eigenvalue weighted by atomic mass is 9.93. The van der Waals surface area contributed by atoms with Crippen molar-refractivity contribution in [3.8, 4) is 5.75 Å². The third kappa shape index (κ3) is 2.19. The zero-order valence-corrected chi connectivity index (χ0v) is 14.2. The number of benzene rings is 2. The summed E-state index contributed by atoms with van der Waals surface area (Å²) in [6, 6.07) is 14.5. The first-order valence-corrected chi connectivity index (χ1v) is 8.88. The minimum atomic E-state index is -0.0725. The highest BCUT2D eigenvalue weighted by Crippen LogP contribution is 2.47. The van der Waals surface area contributed by atoms with Gasteiger partial charge in [-0.05, 0) is 44.4 Å². The minimum absolute atomic E-state index is 0.0725. The molecule has 0 bridgehead atoms. The molecule has 3 aromatic rings. The quantitative estimate of drug-likeness (QED) is 0.487. The first-order chi connectivity index (χ1) is 10.3. The van der Waals surface area contributed by atoms with Gasteiger partial charge in [0.25, 0.3) is 0 Å². The van der Waals surface area contributed by atoms with Gasteiger partial charge in [0.1, 0.15) is 5.75 Å². The molecule has 0 fully saturated rings. The van der Waals surface area contributed by atoms with Gasteiger partial charge in [-0.1, -0.05) is 30.3 Å². The standard InChI is InChI=1S/C17H12BrClOS/c18-14-6-3-5-11-13(9-21-17(11)14)16(19)12-8-20-15-7-2-1-4-10(12)15/h1-7,9,12,16H,8H2. The summed E-state index contributed by atoms with van der Waals surface area (Å²) in [4.78, 5) is 0. The van der Waals surface area contributed by atoms with Crippen molar-refractivity contribution in [2.45, 2.75) is 11.3 Å². The Morgan fingerprint density at radius 1 is 1.19 bits per heavy atom. The molecule has 1 aliphatic rings. The maximum absolute atomic E-state index is 6.82. The Morgan fingerprint density at radius 2 is 2.05 bits per heavy atom. The van der Waals surface area contributed by atoms with Gasteiger partial charge in [-0.15, -0.1) is 22.9 Å². The van der Waals surface area contributed by atoms with Gasteiger partial charge in [0.2, 0.25) is 0 Å². The van der Waals surface area contributed by atoms with Crippen molar-refractivity contribution in [3.63, 3.8) is 0 Å². The molecule has 0 amide bonds. The van der Waals surface area contributed by atoms with Crippen LogP contribution in [0.1, 0.15) is 22.4 Å². The molecule has 1 aromatic heterocycles. The molecule has 0 saturated carbocycles. The Hall–Kier alpha value is -1.03. The molecule has 2 unspecified atom stereocenters. The fraction of sp³-hybridized carbons (Fsp3) is 0.176. The third-order valence-electron chi connectivity index (χ3n) is 3.97. The van der Waals surface area contributed by atoms with Crippen LogP contribution in [0.15, 0.2) is 52.3 Å². The topological polar surface area (TPSA) is 9.23 Å². The molecule has 0 aliphatic carbocycles. The van der Waals surface area contributed by atoms with E-state index in [1.165, 1.54) is 21.2 Å². The van der Waals surface area contributed by atoms with Crippen molar-refractivity contribution in [3.05, 3.63) is 63.4 Å². The van der Waals surface area contributed by atoms with Crippen molar-refractivity contribution in [1.82, 2.24) is 0 Å². The van der Waals surface area contributed by atoms with Crippen LogP contribution in [0.2, 0.25) is 0 Å². The third-order valence-corrected chi connectivity index (χ3v) is 6.48. The second-order valence-electron chi connectivity index (χ2n) is 5.16. The van der Waals surface area contributed by atoms with Crippen molar-refractivity contribution in [2.75, 3.05) is 6.61 Å². The number of thiophene rings is 1. The average molecular weight is 380 g/mol. The van der Waals surface area contributed by atoms with E-state index < -0.39 is 0 Å². The fourth-order valence-corrected chi connectivity index (χ4v) is 5.02. The van der Waals surface area contributed by atoms with Crippen molar-refractivity contribution in [1.29, 1.82) is 0 Å². The Labute approximate surface area is 140 Å². The largest absolute Gasteiger partial charge is 0.493 e. The van der Waals surface area contributed by atoms with E-state index in [9.17, 15) is 0 Å². The van der Waals surface area contributed by atoms with Crippen LogP contribution in [-0.4, -0.2) is 6.61 Å². The number of fused-ring (bicyclic) bond motifs is 2. The molecule has 0 radical (unpaired) electrons. The molecule has 0 N–H and O–H groups in total. The summed E-state index contributed by atoms with van der Waals surface area (Å²) >= 11 is 12.2. The number of ether oxygens (including phenoxy) is 1. The second-order valence-corrected chi connectivity index (χ2v) is 7.37. The first-order valence-electron chi connectivity index (χ1n) is 6.77. The lowest BCUT2D eigenvalue weighted by Gasteiger charge is -2.16. The van der Waals surface area contributed by atoms with Gasteiger partial charge in [-0.25, -0.2) is 0 Å². The van der Waals surface area contributed by atoms with E-state index in [1.807, 2.05) is 18.2 Å². The van der Waals surface area contributed by atoms with Gasteiger partial charge < -0.3 is 4.74 Å². The predicted octanol–water partition coefficient (Wildman–Crippen LogP) is 6.12. The summed E-state index contributed by atoms with van der Waals surface area (Å²) in [5.74, 6) is 1.17. The maximum atomic E-state index is 6.82. The van der Waals surface area contributed by atoms with Crippen LogP contribution in [-0.2, 0) is 0 Å². The van der Waals surface area contributed by atoms with Crippen LogP contribution in [0.4, 0.5) is 0 Å². The molecule has 2 atom stereocenters. The molecule has 2 heterocycles. The number of hydrogen-bond acceptors (Lipinski definition) is 2. The Kier molecular flexibility index (Phi) is 3.44. The van der Waals surface area contributed by atoms with E-state index in [2.05, 4.69) is 45.6 Å². The number of hydrogen-bond donors (Lipinski definition) is 0. The fourth-order valence-electron chi connectivity index (χ4n) is 2.90. The Balaban J connectivity index is 1.78. The van der Waals surface area contributed by atoms with Gasteiger partial charge in [-0.3, -0.25) is 0 Å². The van der Waals surface area contributed by atoms with E-state index in [0.717, 1.165) is 10.2 Å². The number of halogens is 2. The number of para-hydroxylation sites is 1. The molecule has 4 heteroatoms. The molecular weight excluding hydrogens is 368 g/mol. The van der Waals surface area contributed by atoms with Gasteiger partial charge in [-0.2, -0.15) is 0 Å². The van der Waals surface area contributed by atoms with Gasteiger partial charge in [0.05, 0.1) is 12.0 Å². The zero-order chi connectivity index (χ0) is 14.4. The van der Waals surface area contributed by atoms with Crippen molar-refractivity contribution in [2.24, 2.45) is 0 Å². The van der Waals surface area contributed by atoms with Crippen molar-refractivity contribution >= 4 is 49.0 Å². The normalized spacial score (nSPS) is 18.5. The molecular formula is C17H12BrClOS. The summed E-state index contributed by atoms with van der Waals surface area (Å²) in [6.07, 6.45) is 0. The van der Waals surface area contributed by atoms with Gasteiger partial charge >= 0.3 is 0 Å². The summed E-state index contributed by atoms with van der Waals surface area (Å²) in [7, 11) is 0. The van der Waals surface area contributed by atoms with Gasteiger partial charge in [0.15, 0.2) is 0 Å². The number of rotatable bonds is 2. The first kappa shape index (κ1) is 13.6. The lowest BCUT2D eigenvalue weighted by Crippen LogP contribution is -2.07. The van der Waals surface area contributed by atoms with Crippen LogP contribution in [0.25, 0.3) is 10.1 Å². The second kappa shape index (κ2) is 5.31. The Bertz CT molecular complexity index is 813. The zero-order valence-electron chi connectivity index (χ0n) is 11.1. The summed E-state index contributed by atoms with van der Waals surface area (Å²) in [6.45, 7) is 0.652. The van der Waals surface area contributed by atoms with E-state index in [1.54, 1.807) is 11.3 Å². The van der Waals surface area contributed by atoms with Crippen LogP contribution in [0, 0.1) is 0 Å². The van der Waals surface area contributed by atoms with E-state index >= 15 is 0 Å². The number of alkyl halides is 1. The van der Waals surface area contributed by atoms with Crippen LogP contribution < -0.4 is 4.74 Å². The minimum Gasteiger partial charge on any atom is -0.493 e. The van der Waals surface area contributed by atoms with Crippen LogP contribution in [0.5, 0.6) is 5.75 Å². The van der Waals surface area contributed by atoms with Crippen LogP contribution in [0.3, 0.4) is 0 Å². The monoisotopic (exact) mass is 378 g/mol. The Morgan fingerprint density at radius 3 is 2.95 bits per heavy atom. The smallest absolute Gasteiger partial charge is 0.122 e. The predicted molar refractivity (Wildman–Crippen MR) is 92.8 cm³/mol. The van der Waals surface area contributed by atoms with Gasteiger partial charge in [0, 0.05) is 20.7 Å². The maximum Gasteiger partial charge on any atom is 0.122 e. The highest BCUT2D eigenvalue weighted by molar-refractivity contribution is 9.10. The average Bonchev–Trinajstić information content (AvgIpc) is 3.11. The lowest BCUT2D eigenvalue weighted by molar-refractivity contribution is 0.328. The van der Waals surface area contributed by atoms with E-state index in [0.29, 0.717) is 6.61 Å². The molecule has 1 nitrogen and oxygen atoms in total. The van der Waals surface area contributed by atoms with E-state index in [-0.39, 0.29) is 11.3 Å². The summed E-state index contributed by atoms with van der Waals surface area (Å²) in [5, 5.41) is 3.34. The summed E-state index contributed by atoms with van der Waals surface area (Å²) < 4.78 is 8.16.